The summed E-state index contributed by atoms with van der Waals surface area (Å²) in [6.45, 7) is 7.04. The molecule has 2 aromatic rings. The molecule has 0 saturated carbocycles. The van der Waals surface area contributed by atoms with E-state index in [1.54, 1.807) is 0 Å². The summed E-state index contributed by atoms with van der Waals surface area (Å²) < 4.78 is 2.12. The molecular weight excluding hydrogens is 224 g/mol. The van der Waals surface area contributed by atoms with Gasteiger partial charge in [-0.2, -0.15) is 0 Å². The lowest BCUT2D eigenvalue weighted by Gasteiger charge is -2.30. The molecule has 1 fully saturated rings. The van der Waals surface area contributed by atoms with Crippen LogP contribution in [0.4, 0.5) is 0 Å². The van der Waals surface area contributed by atoms with Crippen LogP contribution in [0.1, 0.15) is 24.6 Å². The molecule has 3 rings (SSSR count). The minimum absolute atomic E-state index is 0.531. The van der Waals surface area contributed by atoms with Crippen molar-refractivity contribution < 1.29 is 0 Å². The van der Waals surface area contributed by atoms with Gasteiger partial charge in [-0.25, -0.2) is 0 Å². The summed E-state index contributed by atoms with van der Waals surface area (Å²) in [5, 5.41) is 8.60. The molecule has 1 aliphatic rings. The third-order valence-electron chi connectivity index (χ3n) is 3.68. The normalized spacial score (nSPS) is 18.2. The van der Waals surface area contributed by atoms with Crippen LogP contribution in [0.15, 0.2) is 37.1 Å². The van der Waals surface area contributed by atoms with Crippen LogP contribution >= 0.6 is 0 Å². The van der Waals surface area contributed by atoms with Crippen LogP contribution in [0.2, 0.25) is 0 Å². The van der Waals surface area contributed by atoms with Gasteiger partial charge >= 0.3 is 0 Å². The molecule has 0 atom stereocenters. The van der Waals surface area contributed by atoms with E-state index in [1.165, 1.54) is 0 Å². The van der Waals surface area contributed by atoms with Crippen molar-refractivity contribution in [3.8, 4) is 0 Å². The van der Waals surface area contributed by atoms with E-state index in [-0.39, 0.29) is 0 Å². The van der Waals surface area contributed by atoms with E-state index in [1.807, 2.05) is 24.3 Å². The average Bonchev–Trinajstić information content (AvgIpc) is 2.84. The number of pyridine rings is 1. The van der Waals surface area contributed by atoms with Crippen LogP contribution in [-0.2, 0) is 0 Å². The Kier molecular flexibility index (Phi) is 3.11. The maximum Gasteiger partial charge on any atom is 0.160 e. The molecule has 94 valence electrons. The summed E-state index contributed by atoms with van der Waals surface area (Å²) >= 11 is 0. The Hall–Kier alpha value is -1.68. The number of piperidine rings is 1. The summed E-state index contributed by atoms with van der Waals surface area (Å²) in [6.07, 6.45) is 6.35. The predicted octanol–water partition coefficient (Wildman–Crippen LogP) is 2.09. The molecular formula is C14H18N4. The Morgan fingerprint density at radius 3 is 2.89 bits per heavy atom. The molecule has 3 heterocycles. The van der Waals surface area contributed by atoms with E-state index in [0.717, 1.165) is 43.9 Å². The van der Waals surface area contributed by atoms with Gasteiger partial charge in [0.05, 0.1) is 0 Å². The molecule has 0 amide bonds. The Bertz CT molecular complexity index is 537. The maximum atomic E-state index is 4.36. The fourth-order valence-corrected chi connectivity index (χ4v) is 2.69. The molecule has 1 aliphatic heterocycles. The first-order valence-electron chi connectivity index (χ1n) is 6.51. The summed E-state index contributed by atoms with van der Waals surface area (Å²) in [4.78, 5) is 2.44. The van der Waals surface area contributed by atoms with Crippen molar-refractivity contribution in [3.63, 3.8) is 0 Å². The van der Waals surface area contributed by atoms with Gasteiger partial charge in [0, 0.05) is 18.7 Å². The number of aromatic nitrogens is 3. The molecule has 0 bridgehead atoms. The van der Waals surface area contributed by atoms with E-state index < -0.39 is 0 Å². The van der Waals surface area contributed by atoms with Gasteiger partial charge < -0.3 is 0 Å². The molecule has 1 saturated heterocycles. The van der Waals surface area contributed by atoms with Gasteiger partial charge in [-0.05, 0) is 38.1 Å². The van der Waals surface area contributed by atoms with Crippen molar-refractivity contribution in [1.82, 2.24) is 19.5 Å². The second-order valence-electron chi connectivity index (χ2n) is 4.85. The molecule has 0 spiro atoms. The summed E-state index contributed by atoms with van der Waals surface area (Å²) in [5.41, 5.74) is 0.945. The zero-order chi connectivity index (χ0) is 12.4. The zero-order valence-electron chi connectivity index (χ0n) is 10.5. The minimum Gasteiger partial charge on any atom is -0.300 e. The van der Waals surface area contributed by atoms with Crippen LogP contribution in [0.3, 0.4) is 0 Å². The van der Waals surface area contributed by atoms with Crippen LogP contribution in [0.5, 0.6) is 0 Å². The van der Waals surface area contributed by atoms with Crippen molar-refractivity contribution in [2.24, 2.45) is 0 Å². The zero-order valence-corrected chi connectivity index (χ0v) is 10.5. The Morgan fingerprint density at radius 1 is 1.28 bits per heavy atom. The van der Waals surface area contributed by atoms with Gasteiger partial charge in [-0.1, -0.05) is 12.1 Å². The van der Waals surface area contributed by atoms with Crippen LogP contribution in [0, 0.1) is 0 Å². The highest BCUT2D eigenvalue weighted by Gasteiger charge is 2.23. The lowest BCUT2D eigenvalue weighted by Crippen LogP contribution is -2.33. The van der Waals surface area contributed by atoms with Gasteiger partial charge in [0.15, 0.2) is 5.65 Å². The summed E-state index contributed by atoms with van der Waals surface area (Å²) in [5.74, 6) is 1.65. The third-order valence-corrected chi connectivity index (χ3v) is 3.68. The number of nitrogens with zero attached hydrogens (tertiary/aromatic N) is 4. The Balaban J connectivity index is 1.78. The Morgan fingerprint density at radius 2 is 2.11 bits per heavy atom. The first-order chi connectivity index (χ1) is 8.88. The topological polar surface area (TPSA) is 33.4 Å². The Labute approximate surface area is 107 Å². The van der Waals surface area contributed by atoms with Crippen LogP contribution in [0.25, 0.3) is 5.65 Å². The molecule has 18 heavy (non-hydrogen) atoms. The summed E-state index contributed by atoms with van der Waals surface area (Å²) in [7, 11) is 0. The maximum absolute atomic E-state index is 4.36. The van der Waals surface area contributed by atoms with Gasteiger partial charge in [0.2, 0.25) is 0 Å². The smallest absolute Gasteiger partial charge is 0.160 e. The predicted molar refractivity (Wildman–Crippen MR) is 71.6 cm³/mol. The fourth-order valence-electron chi connectivity index (χ4n) is 2.69. The molecule has 0 unspecified atom stereocenters. The second kappa shape index (κ2) is 4.90. The van der Waals surface area contributed by atoms with Crippen LogP contribution in [-0.4, -0.2) is 39.1 Å². The number of hydrogen-bond acceptors (Lipinski definition) is 3. The lowest BCUT2D eigenvalue weighted by molar-refractivity contribution is 0.228. The molecule has 0 aromatic carbocycles. The molecule has 0 aliphatic carbocycles. The monoisotopic (exact) mass is 242 g/mol. The largest absolute Gasteiger partial charge is 0.300 e. The van der Waals surface area contributed by atoms with Crippen molar-refractivity contribution in [2.75, 3.05) is 19.6 Å². The molecule has 2 aromatic heterocycles. The van der Waals surface area contributed by atoms with Gasteiger partial charge in [-0.3, -0.25) is 9.30 Å². The van der Waals surface area contributed by atoms with Crippen LogP contribution < -0.4 is 0 Å². The van der Waals surface area contributed by atoms with Crippen molar-refractivity contribution in [3.05, 3.63) is 42.9 Å². The highest BCUT2D eigenvalue weighted by atomic mass is 15.2. The number of fused-ring (bicyclic) bond motifs is 1. The highest BCUT2D eigenvalue weighted by molar-refractivity contribution is 5.37. The van der Waals surface area contributed by atoms with Crippen molar-refractivity contribution >= 4 is 5.65 Å². The van der Waals surface area contributed by atoms with Gasteiger partial charge in [0.25, 0.3) is 0 Å². The first kappa shape index (κ1) is 11.4. The van der Waals surface area contributed by atoms with E-state index in [9.17, 15) is 0 Å². The number of likely N-dealkylation sites (tertiary alicyclic amines) is 1. The van der Waals surface area contributed by atoms with Gasteiger partial charge in [0.1, 0.15) is 5.82 Å². The van der Waals surface area contributed by atoms with E-state index >= 15 is 0 Å². The molecule has 0 N–H and O–H groups in total. The standard InChI is InChI=1S/C14H18N4/c1-2-8-17-10-6-12(7-11-17)14-16-15-13-5-3-4-9-18(13)14/h2-5,9,12H,1,6-8,10-11H2. The molecule has 0 radical (unpaired) electrons. The number of hydrogen-bond donors (Lipinski definition) is 0. The van der Waals surface area contributed by atoms with Crippen molar-refractivity contribution in [1.29, 1.82) is 0 Å². The van der Waals surface area contributed by atoms with Gasteiger partial charge in [-0.15, -0.1) is 16.8 Å². The van der Waals surface area contributed by atoms with E-state index in [2.05, 4.69) is 32.3 Å². The fraction of sp³-hybridized carbons (Fsp3) is 0.429. The third kappa shape index (κ3) is 2.04. The SMILES string of the molecule is C=CCN1CCC(c2nnc3ccccn23)CC1. The van der Waals surface area contributed by atoms with E-state index in [4.69, 9.17) is 0 Å². The van der Waals surface area contributed by atoms with Crippen molar-refractivity contribution in [2.45, 2.75) is 18.8 Å². The first-order valence-corrected chi connectivity index (χ1v) is 6.51. The molecule has 4 nitrogen and oxygen atoms in total. The quantitative estimate of drug-likeness (QED) is 0.773. The minimum atomic E-state index is 0.531. The average molecular weight is 242 g/mol. The number of rotatable bonds is 3. The summed E-state index contributed by atoms with van der Waals surface area (Å²) in [6, 6.07) is 6.04. The molecule has 4 heteroatoms. The highest BCUT2D eigenvalue weighted by Crippen LogP contribution is 2.26. The van der Waals surface area contributed by atoms with E-state index in [0.29, 0.717) is 5.92 Å². The lowest BCUT2D eigenvalue weighted by atomic mass is 9.96. The second-order valence-corrected chi connectivity index (χ2v) is 4.85.